The second-order valence-electron chi connectivity index (χ2n) is 7.39. The molecule has 3 aromatic rings. The zero-order chi connectivity index (χ0) is 21.6. The van der Waals surface area contributed by atoms with Gasteiger partial charge in [-0.25, -0.2) is 0 Å². The molecule has 1 aliphatic heterocycles. The molecule has 2 amide bonds. The molecule has 0 aliphatic carbocycles. The van der Waals surface area contributed by atoms with Gasteiger partial charge in [0.05, 0.1) is 11.3 Å². The summed E-state index contributed by atoms with van der Waals surface area (Å²) in [6, 6.07) is 21.2. The molecule has 0 saturated carbocycles. The van der Waals surface area contributed by atoms with Crippen molar-refractivity contribution in [3.63, 3.8) is 0 Å². The molecule has 2 N–H and O–H groups in total. The van der Waals surface area contributed by atoms with Gasteiger partial charge in [-0.1, -0.05) is 54.6 Å². The van der Waals surface area contributed by atoms with E-state index in [4.69, 9.17) is 12.2 Å². The van der Waals surface area contributed by atoms with Crippen molar-refractivity contribution in [2.45, 2.75) is 12.8 Å². The largest absolute Gasteiger partial charge is 0.339 e. The van der Waals surface area contributed by atoms with Crippen molar-refractivity contribution in [2.75, 3.05) is 18.4 Å². The van der Waals surface area contributed by atoms with E-state index in [-0.39, 0.29) is 16.9 Å². The quantitative estimate of drug-likeness (QED) is 0.470. The third kappa shape index (κ3) is 4.98. The third-order valence-electron chi connectivity index (χ3n) is 5.27. The van der Waals surface area contributed by atoms with Crippen molar-refractivity contribution >= 4 is 51.7 Å². The SMILES string of the molecule is O=C(C=Cc1cccc2ccccc12)NC(=S)Nc1ccccc1C(=O)N1CCCC1. The molecule has 1 fully saturated rings. The molecule has 0 atom stereocenters. The molecule has 3 aromatic carbocycles. The van der Waals surface area contributed by atoms with Crippen LogP contribution in [0.15, 0.2) is 72.8 Å². The highest BCUT2D eigenvalue weighted by atomic mass is 32.1. The standard InChI is InChI=1S/C25H23N3O2S/c29-23(15-14-19-10-7-9-18-8-1-2-11-20(18)19)27-25(31)26-22-13-4-3-12-21(22)24(30)28-16-5-6-17-28/h1-4,7-15H,5-6,16-17H2,(H2,26,27,29,31). The number of para-hydroxylation sites is 1. The smallest absolute Gasteiger partial charge is 0.255 e. The van der Waals surface area contributed by atoms with E-state index in [1.807, 2.05) is 59.5 Å². The van der Waals surface area contributed by atoms with Crippen LogP contribution < -0.4 is 10.6 Å². The molecule has 6 heteroatoms. The van der Waals surface area contributed by atoms with Crippen molar-refractivity contribution in [3.05, 3.63) is 83.9 Å². The summed E-state index contributed by atoms with van der Waals surface area (Å²) in [7, 11) is 0. The van der Waals surface area contributed by atoms with Crippen molar-refractivity contribution in [1.82, 2.24) is 10.2 Å². The summed E-state index contributed by atoms with van der Waals surface area (Å²) in [5, 5.41) is 7.98. The number of benzene rings is 3. The molecule has 0 aromatic heterocycles. The first-order valence-corrected chi connectivity index (χ1v) is 10.7. The van der Waals surface area contributed by atoms with Gasteiger partial charge in [0.1, 0.15) is 0 Å². The van der Waals surface area contributed by atoms with E-state index < -0.39 is 0 Å². The Bertz CT molecular complexity index is 1160. The molecule has 1 aliphatic rings. The molecule has 1 heterocycles. The Kier molecular flexibility index (Phi) is 6.38. The number of nitrogens with zero attached hydrogens (tertiary/aromatic N) is 1. The Hall–Kier alpha value is -3.51. The topological polar surface area (TPSA) is 61.4 Å². The van der Waals surface area contributed by atoms with E-state index in [9.17, 15) is 9.59 Å². The number of carbonyl (C=O) groups excluding carboxylic acids is 2. The minimum atomic E-state index is -0.339. The molecular formula is C25H23N3O2S. The summed E-state index contributed by atoms with van der Waals surface area (Å²) >= 11 is 5.30. The first-order valence-electron chi connectivity index (χ1n) is 10.3. The zero-order valence-corrected chi connectivity index (χ0v) is 17.8. The van der Waals surface area contributed by atoms with Gasteiger partial charge in [-0.05, 0) is 59.6 Å². The number of anilines is 1. The van der Waals surface area contributed by atoms with Crippen molar-refractivity contribution in [3.8, 4) is 0 Å². The average molecular weight is 430 g/mol. The van der Waals surface area contributed by atoms with E-state index in [1.165, 1.54) is 6.08 Å². The number of rotatable bonds is 4. The molecule has 0 unspecified atom stereocenters. The highest BCUT2D eigenvalue weighted by molar-refractivity contribution is 7.80. The van der Waals surface area contributed by atoms with Gasteiger partial charge in [0.25, 0.3) is 5.91 Å². The Morgan fingerprint density at radius 2 is 1.61 bits per heavy atom. The lowest BCUT2D eigenvalue weighted by Gasteiger charge is -2.18. The predicted molar refractivity (Wildman–Crippen MR) is 129 cm³/mol. The van der Waals surface area contributed by atoms with Crippen LogP contribution in [0.5, 0.6) is 0 Å². The second-order valence-corrected chi connectivity index (χ2v) is 7.80. The van der Waals surface area contributed by atoms with Crippen LogP contribution in [0.25, 0.3) is 16.8 Å². The van der Waals surface area contributed by atoms with Crippen LogP contribution in [-0.2, 0) is 4.79 Å². The Morgan fingerprint density at radius 3 is 2.45 bits per heavy atom. The number of amides is 2. The molecule has 0 radical (unpaired) electrons. The van der Waals surface area contributed by atoms with Gasteiger partial charge in [0.2, 0.25) is 5.91 Å². The number of hydrogen-bond donors (Lipinski definition) is 2. The van der Waals surface area contributed by atoms with Crippen LogP contribution in [0.1, 0.15) is 28.8 Å². The van der Waals surface area contributed by atoms with Crippen LogP contribution in [0.3, 0.4) is 0 Å². The fourth-order valence-corrected chi connectivity index (χ4v) is 3.95. The Labute approximate surface area is 186 Å². The summed E-state index contributed by atoms with van der Waals surface area (Å²) in [5.41, 5.74) is 2.09. The summed E-state index contributed by atoms with van der Waals surface area (Å²) in [6.45, 7) is 1.54. The lowest BCUT2D eigenvalue weighted by molar-refractivity contribution is -0.115. The number of hydrogen-bond acceptors (Lipinski definition) is 3. The number of likely N-dealkylation sites (tertiary alicyclic amines) is 1. The van der Waals surface area contributed by atoms with Crippen LogP contribution in [0, 0.1) is 0 Å². The van der Waals surface area contributed by atoms with Gasteiger partial charge >= 0.3 is 0 Å². The predicted octanol–water partition coefficient (Wildman–Crippen LogP) is 4.60. The molecule has 5 nitrogen and oxygen atoms in total. The highest BCUT2D eigenvalue weighted by Gasteiger charge is 2.21. The highest BCUT2D eigenvalue weighted by Crippen LogP contribution is 2.21. The van der Waals surface area contributed by atoms with Gasteiger partial charge in [0, 0.05) is 19.2 Å². The maximum Gasteiger partial charge on any atom is 0.255 e. The molecule has 156 valence electrons. The summed E-state index contributed by atoms with van der Waals surface area (Å²) in [6.07, 6.45) is 5.28. The number of thiocarbonyl (C=S) groups is 1. The van der Waals surface area contributed by atoms with E-state index in [1.54, 1.807) is 18.2 Å². The maximum absolute atomic E-state index is 12.8. The van der Waals surface area contributed by atoms with Gasteiger partial charge in [-0.3, -0.25) is 14.9 Å². The van der Waals surface area contributed by atoms with E-state index >= 15 is 0 Å². The number of carbonyl (C=O) groups is 2. The third-order valence-corrected chi connectivity index (χ3v) is 5.48. The normalized spacial score (nSPS) is 13.5. The fourth-order valence-electron chi connectivity index (χ4n) is 3.74. The molecule has 4 rings (SSSR count). The van der Waals surface area contributed by atoms with Crippen molar-refractivity contribution < 1.29 is 9.59 Å². The van der Waals surface area contributed by atoms with Crippen LogP contribution in [-0.4, -0.2) is 34.9 Å². The minimum Gasteiger partial charge on any atom is -0.339 e. The number of nitrogens with one attached hydrogen (secondary N) is 2. The van der Waals surface area contributed by atoms with Crippen LogP contribution in [0.2, 0.25) is 0 Å². The first kappa shape index (κ1) is 20.8. The van der Waals surface area contributed by atoms with Crippen LogP contribution in [0.4, 0.5) is 5.69 Å². The second kappa shape index (κ2) is 9.53. The maximum atomic E-state index is 12.8. The van der Waals surface area contributed by atoms with Gasteiger partial charge < -0.3 is 10.2 Å². The van der Waals surface area contributed by atoms with Gasteiger partial charge in [-0.2, -0.15) is 0 Å². The fraction of sp³-hybridized carbons (Fsp3) is 0.160. The molecule has 1 saturated heterocycles. The number of fused-ring (bicyclic) bond motifs is 1. The first-order chi connectivity index (χ1) is 15.1. The van der Waals surface area contributed by atoms with Gasteiger partial charge in [0.15, 0.2) is 5.11 Å². The van der Waals surface area contributed by atoms with E-state index in [0.29, 0.717) is 11.3 Å². The van der Waals surface area contributed by atoms with Crippen LogP contribution >= 0.6 is 12.2 Å². The van der Waals surface area contributed by atoms with E-state index in [0.717, 1.165) is 42.3 Å². The Morgan fingerprint density at radius 1 is 0.903 bits per heavy atom. The monoisotopic (exact) mass is 429 g/mol. The lowest BCUT2D eigenvalue weighted by atomic mass is 10.0. The molecule has 31 heavy (non-hydrogen) atoms. The minimum absolute atomic E-state index is 0.0226. The molecular weight excluding hydrogens is 406 g/mol. The van der Waals surface area contributed by atoms with Crippen molar-refractivity contribution in [2.24, 2.45) is 0 Å². The summed E-state index contributed by atoms with van der Waals surface area (Å²) < 4.78 is 0. The average Bonchev–Trinajstić information content (AvgIpc) is 3.32. The Balaban J connectivity index is 1.41. The lowest BCUT2D eigenvalue weighted by Crippen LogP contribution is -2.34. The molecule has 0 spiro atoms. The van der Waals surface area contributed by atoms with Gasteiger partial charge in [-0.15, -0.1) is 0 Å². The van der Waals surface area contributed by atoms with E-state index in [2.05, 4.69) is 10.6 Å². The summed E-state index contributed by atoms with van der Waals surface area (Å²) in [5.74, 6) is -0.362. The zero-order valence-electron chi connectivity index (χ0n) is 17.0. The molecule has 0 bridgehead atoms. The van der Waals surface area contributed by atoms with Crippen molar-refractivity contribution in [1.29, 1.82) is 0 Å². The summed E-state index contributed by atoms with van der Waals surface area (Å²) in [4.78, 5) is 27.0.